The lowest BCUT2D eigenvalue weighted by Crippen LogP contribution is -2.32. The second-order valence-electron chi connectivity index (χ2n) is 7.27. The number of aromatic hydroxyl groups is 1. The average molecular weight is 518 g/mol. The van der Waals surface area contributed by atoms with Gasteiger partial charge in [-0.3, -0.25) is 9.59 Å². The predicted octanol–water partition coefficient (Wildman–Crippen LogP) is 5.66. The number of amides is 2. The van der Waals surface area contributed by atoms with Gasteiger partial charge in [0.2, 0.25) is 0 Å². The van der Waals surface area contributed by atoms with E-state index in [0.717, 1.165) is 4.90 Å². The molecule has 0 bridgehead atoms. The van der Waals surface area contributed by atoms with E-state index in [9.17, 15) is 19.5 Å². The highest BCUT2D eigenvalue weighted by atomic mass is 35.5. The lowest BCUT2D eigenvalue weighted by atomic mass is 10.2. The molecule has 0 unspecified atom stereocenters. The van der Waals surface area contributed by atoms with E-state index in [1.807, 2.05) is 0 Å². The van der Waals surface area contributed by atoms with Crippen LogP contribution in [0, 0.1) is 6.92 Å². The summed E-state index contributed by atoms with van der Waals surface area (Å²) in [6.45, 7) is 1.73. The number of ether oxygens (including phenoxy) is 1. The Balaban J connectivity index is 1.49. The Hall–Kier alpha value is -3.52. The van der Waals surface area contributed by atoms with E-state index >= 15 is 0 Å². The van der Waals surface area contributed by atoms with Crippen molar-refractivity contribution in [3.63, 3.8) is 0 Å². The molecule has 1 heterocycles. The third-order valence-corrected chi connectivity index (χ3v) is 5.85. The number of carbonyl (C=O) groups is 3. The molecule has 10 heteroatoms. The minimum absolute atomic E-state index is 0.0898. The first kappa shape index (κ1) is 23.6. The van der Waals surface area contributed by atoms with Crippen molar-refractivity contribution in [2.24, 2.45) is 0 Å². The molecule has 3 aromatic rings. The van der Waals surface area contributed by atoms with Crippen molar-refractivity contribution < 1.29 is 24.2 Å². The van der Waals surface area contributed by atoms with Crippen LogP contribution in [0.5, 0.6) is 11.5 Å². The lowest BCUT2D eigenvalue weighted by molar-refractivity contribution is -0.120. The molecule has 1 aliphatic rings. The number of carbonyl (C=O) groups excluding carboxylic acids is 3. The second-order valence-corrected chi connectivity index (χ2v) is 8.49. The van der Waals surface area contributed by atoms with Gasteiger partial charge in [0.05, 0.1) is 16.3 Å². The van der Waals surface area contributed by atoms with Crippen LogP contribution >= 0.6 is 34.8 Å². The molecule has 34 heavy (non-hydrogen) atoms. The van der Waals surface area contributed by atoms with Crippen molar-refractivity contribution in [2.75, 3.05) is 10.2 Å². The van der Waals surface area contributed by atoms with Crippen LogP contribution < -0.4 is 15.0 Å². The Morgan fingerprint density at radius 1 is 0.941 bits per heavy atom. The first-order valence-electron chi connectivity index (χ1n) is 9.78. The predicted molar refractivity (Wildman–Crippen MR) is 130 cm³/mol. The zero-order valence-electron chi connectivity index (χ0n) is 17.4. The molecule has 0 atom stereocenters. The molecular formula is C24H15Cl3N2O5. The number of imide groups is 1. The van der Waals surface area contributed by atoms with E-state index < -0.39 is 17.8 Å². The monoisotopic (exact) mass is 516 g/mol. The number of anilines is 2. The van der Waals surface area contributed by atoms with Crippen LogP contribution in [0.1, 0.15) is 15.9 Å². The summed E-state index contributed by atoms with van der Waals surface area (Å²) in [6.07, 6.45) is 0. The highest BCUT2D eigenvalue weighted by Gasteiger charge is 2.39. The summed E-state index contributed by atoms with van der Waals surface area (Å²) in [6, 6.07) is 14.9. The van der Waals surface area contributed by atoms with Crippen LogP contribution in [0.4, 0.5) is 11.4 Å². The van der Waals surface area contributed by atoms with Crippen LogP contribution in [-0.4, -0.2) is 22.9 Å². The van der Waals surface area contributed by atoms with Gasteiger partial charge >= 0.3 is 5.97 Å². The van der Waals surface area contributed by atoms with Crippen LogP contribution in [0.2, 0.25) is 10.0 Å². The summed E-state index contributed by atoms with van der Waals surface area (Å²) in [4.78, 5) is 39.0. The van der Waals surface area contributed by atoms with Gasteiger partial charge in [-0.25, -0.2) is 9.69 Å². The topological polar surface area (TPSA) is 95.9 Å². The van der Waals surface area contributed by atoms with Crippen molar-refractivity contribution in [1.29, 1.82) is 0 Å². The number of rotatable bonds is 5. The van der Waals surface area contributed by atoms with Crippen LogP contribution in [0.15, 0.2) is 71.4 Å². The molecule has 0 aromatic heterocycles. The summed E-state index contributed by atoms with van der Waals surface area (Å²) in [7, 11) is 0. The van der Waals surface area contributed by atoms with Gasteiger partial charge in [0.1, 0.15) is 22.2 Å². The smallest absolute Gasteiger partial charge is 0.343 e. The number of benzene rings is 3. The molecule has 0 saturated heterocycles. The summed E-state index contributed by atoms with van der Waals surface area (Å²) >= 11 is 17.9. The van der Waals surface area contributed by atoms with Gasteiger partial charge in [-0.15, -0.1) is 0 Å². The Labute approximate surface area is 209 Å². The maximum atomic E-state index is 13.0. The summed E-state index contributed by atoms with van der Waals surface area (Å²) < 4.78 is 5.22. The van der Waals surface area contributed by atoms with Crippen molar-refractivity contribution in [3.05, 3.63) is 92.6 Å². The Morgan fingerprint density at radius 3 is 2.29 bits per heavy atom. The van der Waals surface area contributed by atoms with Crippen LogP contribution in [0.25, 0.3) is 0 Å². The van der Waals surface area contributed by atoms with Crippen LogP contribution in [0.3, 0.4) is 0 Å². The highest BCUT2D eigenvalue weighted by Crippen LogP contribution is 2.33. The molecule has 0 spiro atoms. The number of nitrogens with one attached hydrogen (secondary N) is 1. The molecule has 7 nitrogen and oxygen atoms in total. The van der Waals surface area contributed by atoms with E-state index in [4.69, 9.17) is 39.5 Å². The first-order chi connectivity index (χ1) is 16.2. The van der Waals surface area contributed by atoms with Gasteiger partial charge in [0, 0.05) is 16.8 Å². The van der Waals surface area contributed by atoms with Gasteiger partial charge in [0.25, 0.3) is 11.8 Å². The number of phenolic OH excluding ortho intramolecular Hbond substituents is 1. The number of esters is 1. The third-order valence-electron chi connectivity index (χ3n) is 4.95. The maximum absolute atomic E-state index is 13.0. The molecular weight excluding hydrogens is 503 g/mol. The van der Waals surface area contributed by atoms with E-state index in [1.54, 1.807) is 25.1 Å². The van der Waals surface area contributed by atoms with Gasteiger partial charge in [0.15, 0.2) is 0 Å². The number of hydrogen-bond acceptors (Lipinski definition) is 6. The zero-order valence-corrected chi connectivity index (χ0v) is 19.7. The minimum atomic E-state index is -0.665. The van der Waals surface area contributed by atoms with Crippen molar-refractivity contribution in [1.82, 2.24) is 0 Å². The van der Waals surface area contributed by atoms with Gasteiger partial charge < -0.3 is 15.2 Å². The van der Waals surface area contributed by atoms with Gasteiger partial charge in [-0.05, 0) is 67.1 Å². The zero-order chi connectivity index (χ0) is 24.6. The molecule has 2 N–H and O–H groups in total. The van der Waals surface area contributed by atoms with Gasteiger partial charge in [-0.1, -0.05) is 34.8 Å². The van der Waals surface area contributed by atoms with E-state index in [0.29, 0.717) is 22.0 Å². The minimum Gasteiger partial charge on any atom is -0.506 e. The second kappa shape index (κ2) is 9.38. The molecule has 1 aliphatic heterocycles. The fourth-order valence-corrected chi connectivity index (χ4v) is 3.81. The molecule has 0 radical (unpaired) electrons. The van der Waals surface area contributed by atoms with Crippen LogP contribution in [-0.2, 0) is 9.59 Å². The quantitative estimate of drug-likeness (QED) is 0.257. The number of aryl methyl sites for hydroxylation is 1. The molecule has 0 fully saturated rings. The fourth-order valence-electron chi connectivity index (χ4n) is 3.26. The molecule has 3 aromatic carbocycles. The lowest BCUT2D eigenvalue weighted by Gasteiger charge is -2.17. The van der Waals surface area contributed by atoms with Gasteiger partial charge in [-0.2, -0.15) is 0 Å². The summed E-state index contributed by atoms with van der Waals surface area (Å²) in [5.41, 5.74) is 1.56. The molecule has 0 aliphatic carbocycles. The third kappa shape index (κ3) is 4.59. The highest BCUT2D eigenvalue weighted by molar-refractivity contribution is 6.53. The molecule has 4 rings (SSSR count). The van der Waals surface area contributed by atoms with Crippen molar-refractivity contribution in [2.45, 2.75) is 6.92 Å². The van der Waals surface area contributed by atoms with E-state index in [-0.39, 0.29) is 32.8 Å². The SMILES string of the molecule is Cc1cc(Cl)ccc1N1C(=O)C(Cl)=C(Nc2ccc(C(=O)Oc3ccc(Cl)c(O)c3)cc2)C1=O. The number of phenols is 1. The molecule has 2 amide bonds. The van der Waals surface area contributed by atoms with Crippen molar-refractivity contribution in [3.8, 4) is 11.5 Å². The molecule has 172 valence electrons. The Bertz CT molecular complexity index is 1370. The number of halogens is 3. The maximum Gasteiger partial charge on any atom is 0.343 e. The average Bonchev–Trinajstić information content (AvgIpc) is 3.00. The van der Waals surface area contributed by atoms with Crippen molar-refractivity contribution >= 4 is 64.0 Å². The number of nitrogens with zero attached hydrogens (tertiary/aromatic N) is 1. The summed E-state index contributed by atoms with van der Waals surface area (Å²) in [5.74, 6) is -2.03. The normalized spacial score (nSPS) is 13.5. The molecule has 0 saturated carbocycles. The first-order valence-corrected chi connectivity index (χ1v) is 10.9. The number of hydrogen-bond donors (Lipinski definition) is 2. The Kier molecular flexibility index (Phi) is 6.52. The van der Waals surface area contributed by atoms with E-state index in [2.05, 4.69) is 5.32 Å². The fraction of sp³-hybridized carbons (Fsp3) is 0.0417. The summed E-state index contributed by atoms with van der Waals surface area (Å²) in [5, 5.41) is 12.8. The largest absolute Gasteiger partial charge is 0.506 e. The Morgan fingerprint density at radius 2 is 1.65 bits per heavy atom. The standard InChI is InChI=1S/C24H15Cl3N2O5/c1-12-10-14(25)4-9-18(12)29-22(31)20(27)21(23(29)32)28-15-5-2-13(3-6-15)24(33)34-16-7-8-17(26)19(30)11-16/h2-11,28,30H,1H3. The van der Waals surface area contributed by atoms with E-state index in [1.165, 1.54) is 42.5 Å².